The van der Waals surface area contributed by atoms with E-state index in [1.54, 1.807) is 26.8 Å². The molecule has 50 heavy (non-hydrogen) atoms. The van der Waals surface area contributed by atoms with Gasteiger partial charge >= 0.3 is 12.1 Å². The van der Waals surface area contributed by atoms with Crippen molar-refractivity contribution in [3.05, 3.63) is 127 Å². The van der Waals surface area contributed by atoms with Crippen LogP contribution in [0.3, 0.4) is 0 Å². The molecule has 3 heterocycles. The van der Waals surface area contributed by atoms with Gasteiger partial charge in [-0.25, -0.2) is 23.0 Å². The lowest BCUT2D eigenvalue weighted by Crippen LogP contribution is -2.46. The zero-order valence-corrected chi connectivity index (χ0v) is 29.8. The Hall–Kier alpha value is -4.81. The topological polar surface area (TPSA) is 154 Å². The van der Waals surface area contributed by atoms with Gasteiger partial charge in [-0.3, -0.25) is 0 Å². The van der Waals surface area contributed by atoms with Crippen LogP contribution in [0.4, 0.5) is 9.59 Å². The molecular weight excluding hydrogens is 679 g/mol. The Morgan fingerprint density at radius 1 is 1.00 bits per heavy atom. The number of aromatic nitrogens is 1. The molecule has 0 unspecified atom stereocenters. The molecule has 2 aliphatic rings. The van der Waals surface area contributed by atoms with Crippen molar-refractivity contribution in [3.63, 3.8) is 0 Å². The van der Waals surface area contributed by atoms with E-state index < -0.39 is 47.5 Å². The summed E-state index contributed by atoms with van der Waals surface area (Å²) in [5, 5.41) is 7.23. The van der Waals surface area contributed by atoms with Crippen LogP contribution in [0.2, 0.25) is 0 Å². The van der Waals surface area contributed by atoms with Crippen molar-refractivity contribution in [1.82, 2.24) is 20.3 Å². The van der Waals surface area contributed by atoms with Crippen LogP contribution < -0.4 is 21.2 Å². The Morgan fingerprint density at radius 2 is 1.54 bits per heavy atom. The lowest BCUT2D eigenvalue weighted by molar-refractivity contribution is -0.0177. The van der Waals surface area contributed by atoms with Gasteiger partial charge in [0.15, 0.2) is 12.2 Å². The third-order valence-corrected chi connectivity index (χ3v) is 12.3. The summed E-state index contributed by atoms with van der Waals surface area (Å²) in [7, 11) is -6.90. The van der Waals surface area contributed by atoms with Crippen LogP contribution in [0.25, 0.3) is 5.57 Å². The number of fused-ring (bicyclic) bond motifs is 2. The number of nitrogens with zero attached hydrogens (tertiary/aromatic N) is 3. The fourth-order valence-electron chi connectivity index (χ4n) is 5.89. The molecule has 1 aromatic heterocycles. The van der Waals surface area contributed by atoms with Crippen molar-refractivity contribution < 1.29 is 36.0 Å². The molecule has 3 amide bonds. The highest BCUT2D eigenvalue weighted by molar-refractivity contribution is 7.98. The first-order valence-electron chi connectivity index (χ1n) is 15.8. The number of benzene rings is 3. The number of nitrogens with one attached hydrogen (secondary N) is 1. The predicted octanol–water partition coefficient (Wildman–Crippen LogP) is 4.98. The van der Waals surface area contributed by atoms with Crippen molar-refractivity contribution in [3.8, 4) is 0 Å². The highest BCUT2D eigenvalue weighted by Gasteiger charge is 2.49. The van der Waals surface area contributed by atoms with Crippen LogP contribution in [-0.2, 0) is 19.4 Å². The summed E-state index contributed by atoms with van der Waals surface area (Å²) in [6.45, 7) is 7.26. The summed E-state index contributed by atoms with van der Waals surface area (Å²) in [6, 6.07) is 30.3. The van der Waals surface area contributed by atoms with Crippen molar-refractivity contribution in [2.24, 2.45) is 0 Å². The van der Waals surface area contributed by atoms with Crippen LogP contribution in [-0.4, -0.2) is 70.8 Å². The third-order valence-electron chi connectivity index (χ3n) is 7.82. The van der Waals surface area contributed by atoms with Gasteiger partial charge in [-0.2, -0.15) is 9.35 Å². The van der Waals surface area contributed by atoms with E-state index in [0.717, 1.165) is 0 Å². The van der Waals surface area contributed by atoms with E-state index in [1.165, 1.54) is 33.4 Å². The fourth-order valence-corrected chi connectivity index (χ4v) is 10.0. The predicted molar refractivity (Wildman–Crippen MR) is 191 cm³/mol. The lowest BCUT2D eigenvalue weighted by Gasteiger charge is -2.29. The number of carbonyl (C=O) groups excluding carboxylic acids is 2. The summed E-state index contributed by atoms with van der Waals surface area (Å²) in [5.41, 5.74) is -0.293. The molecule has 12 nitrogen and oxygen atoms in total. The molecule has 262 valence electrons. The van der Waals surface area contributed by atoms with E-state index in [0.29, 0.717) is 10.6 Å². The molecule has 0 aliphatic carbocycles. The Bertz CT molecular complexity index is 1820. The monoisotopic (exact) mass is 718 g/mol. The maximum Gasteiger partial charge on any atom is 0.407 e. The van der Waals surface area contributed by atoms with E-state index in [2.05, 4.69) is 124 Å². The Labute approximate surface area is 292 Å². The number of allylic oxidation sites excluding steroid dienone is 1. The smallest absolute Gasteiger partial charge is 0.407 e. The number of amides is 3. The molecule has 3 aromatic carbocycles. The van der Waals surface area contributed by atoms with Gasteiger partial charge in [-0.05, 0) is 64.1 Å². The van der Waals surface area contributed by atoms with Crippen molar-refractivity contribution in [2.75, 3.05) is 13.1 Å². The molecular formula is C36H39N4O8PS. The molecule has 4 aromatic rings. The second-order valence-corrected chi connectivity index (χ2v) is 16.7. The SMILES string of the molecule is C/C=C/[P+](c1ccccc1)(c1ccccc1)c1ccccc1.CC(C)(C)OC(=O)NC[C@H]1C=C(c2cnco2)[C@@H]2CN1C(=O)N2OS(=O)(=O)[O-]. The minimum atomic E-state index is -5.17. The number of urea groups is 1. The lowest BCUT2D eigenvalue weighted by atomic mass is 9.98. The molecule has 14 heteroatoms. The first kappa shape index (κ1) is 36.5. The minimum Gasteiger partial charge on any atom is -0.724 e. The first-order chi connectivity index (χ1) is 23.8. The number of hydroxylamine groups is 2. The normalized spacial score (nSPS) is 17.6. The van der Waals surface area contributed by atoms with Crippen LogP contribution >= 0.6 is 7.26 Å². The van der Waals surface area contributed by atoms with Gasteiger partial charge in [-0.1, -0.05) is 66.7 Å². The van der Waals surface area contributed by atoms with Crippen LogP contribution in [0, 0.1) is 0 Å². The summed E-state index contributed by atoms with van der Waals surface area (Å²) in [4.78, 5) is 29.5. The average Bonchev–Trinajstić information content (AvgIpc) is 3.72. The molecule has 1 fully saturated rings. The summed E-state index contributed by atoms with van der Waals surface area (Å²) >= 11 is 0. The number of rotatable bonds is 9. The second kappa shape index (κ2) is 15.4. The van der Waals surface area contributed by atoms with Gasteiger partial charge < -0.3 is 23.9 Å². The van der Waals surface area contributed by atoms with Gasteiger partial charge in [0.05, 0.1) is 24.6 Å². The molecule has 6 rings (SSSR count). The Balaban J connectivity index is 0.000000200. The van der Waals surface area contributed by atoms with E-state index in [4.69, 9.17) is 9.15 Å². The summed E-state index contributed by atoms with van der Waals surface area (Å²) in [6.07, 6.45) is 5.69. The number of hydrogen-bond donors (Lipinski definition) is 1. The maximum absolute atomic E-state index is 12.6. The number of alkyl carbamates (subject to hydrolysis) is 1. The minimum absolute atomic E-state index is 0.0109. The van der Waals surface area contributed by atoms with Gasteiger partial charge in [-0.15, -0.1) is 0 Å². The molecule has 2 atom stereocenters. The Kier molecular flexibility index (Phi) is 11.2. The highest BCUT2D eigenvalue weighted by Crippen LogP contribution is 2.56. The molecule has 0 saturated carbocycles. The quantitative estimate of drug-likeness (QED) is 0.143. The molecule has 1 N–H and O–H groups in total. The van der Waals surface area contributed by atoms with E-state index in [1.807, 2.05) is 0 Å². The van der Waals surface area contributed by atoms with Crippen molar-refractivity contribution in [1.29, 1.82) is 0 Å². The highest BCUT2D eigenvalue weighted by atomic mass is 32.3. The van der Waals surface area contributed by atoms with Crippen molar-refractivity contribution in [2.45, 2.75) is 45.4 Å². The first-order valence-corrected chi connectivity index (χ1v) is 19.0. The zero-order chi connectivity index (χ0) is 35.9. The van der Waals surface area contributed by atoms with E-state index in [-0.39, 0.29) is 18.8 Å². The third kappa shape index (κ3) is 8.48. The van der Waals surface area contributed by atoms with Gasteiger partial charge in [0.2, 0.25) is 10.4 Å². The number of ether oxygens (including phenoxy) is 1. The molecule has 2 bridgehead atoms. The van der Waals surface area contributed by atoms with Crippen LogP contribution in [0.15, 0.2) is 126 Å². The number of carbonyl (C=O) groups is 2. The van der Waals surface area contributed by atoms with Crippen molar-refractivity contribution >= 4 is 51.3 Å². The average molecular weight is 719 g/mol. The molecule has 0 spiro atoms. The molecule has 1 saturated heterocycles. The largest absolute Gasteiger partial charge is 0.724 e. The standard InChI is InChI=1S/C21H20P.C15H20N4O8S/c1-2-18-22(19-12-6-3-7-13-19,20-14-8-4-9-15-20)21-16-10-5-11-17-21;1-15(2,3)26-13(20)17-5-9-4-10(12-6-16-8-25-12)11-7-18(9)14(21)19(11)27-28(22,23)24/h2-18H,1H3;4,6,8-9,11H,5,7H2,1-3H3,(H,17,20)(H,22,23,24)/q+1;/p-1/b18-2+;/t;9-,11+/m.1/s1. The van der Waals surface area contributed by atoms with Gasteiger partial charge in [0, 0.05) is 12.1 Å². The van der Waals surface area contributed by atoms with E-state index >= 15 is 0 Å². The second-order valence-electron chi connectivity index (χ2n) is 12.4. The fraction of sp³-hybridized carbons (Fsp3) is 0.250. The van der Waals surface area contributed by atoms with E-state index in [9.17, 15) is 22.6 Å². The number of oxazole rings is 1. The zero-order valence-electron chi connectivity index (χ0n) is 28.1. The maximum atomic E-state index is 12.6. The van der Waals surface area contributed by atoms with Crippen LogP contribution in [0.1, 0.15) is 33.5 Å². The molecule has 2 aliphatic heterocycles. The Morgan fingerprint density at radius 3 is 1.98 bits per heavy atom. The number of hydrogen-bond acceptors (Lipinski definition) is 9. The van der Waals surface area contributed by atoms with Gasteiger partial charge in [0.25, 0.3) is 0 Å². The van der Waals surface area contributed by atoms with Gasteiger partial charge in [0.1, 0.15) is 34.8 Å². The molecule has 0 radical (unpaired) electrons. The summed E-state index contributed by atoms with van der Waals surface area (Å²) < 4.78 is 47.8. The van der Waals surface area contributed by atoms with Crippen LogP contribution in [0.5, 0.6) is 0 Å². The summed E-state index contributed by atoms with van der Waals surface area (Å²) in [5.74, 6) is 2.69.